The van der Waals surface area contributed by atoms with Crippen LogP contribution in [0.1, 0.15) is 23.7 Å². The van der Waals surface area contributed by atoms with Crippen molar-refractivity contribution in [1.82, 2.24) is 9.88 Å². The van der Waals surface area contributed by atoms with Gasteiger partial charge in [-0.3, -0.25) is 9.78 Å². The number of hydrogen-bond donors (Lipinski definition) is 1. The molecular formula is C16H19N3O. The van der Waals surface area contributed by atoms with E-state index in [0.717, 1.165) is 29.4 Å². The molecule has 3 rings (SSSR count). The Balaban J connectivity index is 1.96. The molecule has 1 aliphatic heterocycles. The lowest BCUT2D eigenvalue weighted by Gasteiger charge is -2.35. The van der Waals surface area contributed by atoms with E-state index in [1.54, 1.807) is 6.20 Å². The van der Waals surface area contributed by atoms with Gasteiger partial charge in [0.15, 0.2) is 0 Å². The Hall–Kier alpha value is -1.94. The van der Waals surface area contributed by atoms with E-state index < -0.39 is 0 Å². The van der Waals surface area contributed by atoms with Crippen LogP contribution in [0.4, 0.5) is 0 Å². The van der Waals surface area contributed by atoms with E-state index in [0.29, 0.717) is 12.5 Å². The highest BCUT2D eigenvalue weighted by Crippen LogP contribution is 2.22. The second-order valence-electron chi connectivity index (χ2n) is 5.69. The average molecular weight is 269 g/mol. The molecular weight excluding hydrogens is 250 g/mol. The number of fused-ring (bicyclic) bond motifs is 1. The van der Waals surface area contributed by atoms with E-state index in [9.17, 15) is 4.79 Å². The Morgan fingerprint density at radius 1 is 1.30 bits per heavy atom. The minimum absolute atomic E-state index is 0.0607. The standard InChI is InChI=1S/C16H19N3O/c1-11-8-12(17)10-19(9-11)16(20)14-4-2-6-15-13(14)5-3-7-18-15/h2-7,11-12H,8-10,17H2,1H3. The number of carbonyl (C=O) groups excluding carboxylic acids is 1. The quantitative estimate of drug-likeness (QED) is 0.862. The summed E-state index contributed by atoms with van der Waals surface area (Å²) in [6.45, 7) is 3.56. The molecule has 0 saturated carbocycles. The molecule has 104 valence electrons. The van der Waals surface area contributed by atoms with Gasteiger partial charge in [0.1, 0.15) is 0 Å². The van der Waals surface area contributed by atoms with E-state index in [4.69, 9.17) is 5.73 Å². The van der Waals surface area contributed by atoms with Crippen LogP contribution in [0, 0.1) is 5.92 Å². The minimum atomic E-state index is 0.0607. The van der Waals surface area contributed by atoms with Crippen LogP contribution in [-0.2, 0) is 0 Å². The molecule has 2 atom stereocenters. The van der Waals surface area contributed by atoms with Crippen LogP contribution >= 0.6 is 0 Å². The van der Waals surface area contributed by atoms with Crippen molar-refractivity contribution in [3.63, 3.8) is 0 Å². The number of carbonyl (C=O) groups is 1. The predicted octanol–water partition coefficient (Wildman–Crippen LogP) is 2.04. The Labute approximate surface area is 118 Å². The Bertz CT molecular complexity index is 625. The van der Waals surface area contributed by atoms with Gasteiger partial charge in [0.05, 0.1) is 5.52 Å². The number of amides is 1. The summed E-state index contributed by atoms with van der Waals surface area (Å²) in [4.78, 5) is 18.9. The molecule has 2 heterocycles. The first-order valence-corrected chi connectivity index (χ1v) is 7.04. The van der Waals surface area contributed by atoms with Crippen molar-refractivity contribution in [1.29, 1.82) is 0 Å². The lowest BCUT2D eigenvalue weighted by Crippen LogP contribution is -2.48. The van der Waals surface area contributed by atoms with E-state index in [1.165, 1.54) is 0 Å². The smallest absolute Gasteiger partial charge is 0.254 e. The minimum Gasteiger partial charge on any atom is -0.337 e. The predicted molar refractivity (Wildman–Crippen MR) is 79.4 cm³/mol. The lowest BCUT2D eigenvalue weighted by atomic mass is 9.95. The summed E-state index contributed by atoms with van der Waals surface area (Å²) >= 11 is 0. The van der Waals surface area contributed by atoms with Crippen LogP contribution in [0.15, 0.2) is 36.5 Å². The first-order valence-electron chi connectivity index (χ1n) is 7.04. The summed E-state index contributed by atoms with van der Waals surface area (Å²) in [6, 6.07) is 9.58. The second-order valence-corrected chi connectivity index (χ2v) is 5.69. The van der Waals surface area contributed by atoms with Crippen molar-refractivity contribution in [2.24, 2.45) is 11.7 Å². The van der Waals surface area contributed by atoms with Crippen molar-refractivity contribution in [2.75, 3.05) is 13.1 Å². The molecule has 1 fully saturated rings. The van der Waals surface area contributed by atoms with Crippen molar-refractivity contribution >= 4 is 16.8 Å². The van der Waals surface area contributed by atoms with Gasteiger partial charge >= 0.3 is 0 Å². The molecule has 1 aromatic carbocycles. The van der Waals surface area contributed by atoms with Gasteiger partial charge in [-0.05, 0) is 30.5 Å². The molecule has 2 unspecified atom stereocenters. The summed E-state index contributed by atoms with van der Waals surface area (Å²) in [6.07, 6.45) is 2.73. The highest BCUT2D eigenvalue weighted by molar-refractivity contribution is 6.06. The van der Waals surface area contributed by atoms with E-state index in [1.807, 2.05) is 35.2 Å². The Morgan fingerprint density at radius 3 is 2.95 bits per heavy atom. The van der Waals surface area contributed by atoms with Gasteiger partial charge in [-0.1, -0.05) is 19.1 Å². The molecule has 2 N–H and O–H groups in total. The molecule has 1 aliphatic rings. The third-order valence-electron chi connectivity index (χ3n) is 3.86. The number of hydrogen-bond acceptors (Lipinski definition) is 3. The zero-order chi connectivity index (χ0) is 14.1. The largest absolute Gasteiger partial charge is 0.337 e. The molecule has 1 saturated heterocycles. The monoisotopic (exact) mass is 269 g/mol. The molecule has 0 radical (unpaired) electrons. The fourth-order valence-corrected chi connectivity index (χ4v) is 3.03. The molecule has 0 spiro atoms. The lowest BCUT2D eigenvalue weighted by molar-refractivity contribution is 0.0663. The number of piperidine rings is 1. The van der Waals surface area contributed by atoms with Gasteiger partial charge in [-0.2, -0.15) is 0 Å². The third-order valence-corrected chi connectivity index (χ3v) is 3.86. The maximum absolute atomic E-state index is 12.7. The van der Waals surface area contributed by atoms with Crippen molar-refractivity contribution in [3.8, 4) is 0 Å². The number of nitrogens with two attached hydrogens (primary N) is 1. The number of pyridine rings is 1. The van der Waals surface area contributed by atoms with Gasteiger partial charge in [-0.25, -0.2) is 0 Å². The molecule has 1 aromatic heterocycles. The second kappa shape index (κ2) is 5.21. The average Bonchev–Trinajstić information content (AvgIpc) is 2.45. The summed E-state index contributed by atoms with van der Waals surface area (Å²) in [5.74, 6) is 0.515. The van der Waals surface area contributed by atoms with Crippen LogP contribution < -0.4 is 5.73 Å². The molecule has 4 heteroatoms. The summed E-state index contributed by atoms with van der Waals surface area (Å²) in [7, 11) is 0. The van der Waals surface area contributed by atoms with E-state index >= 15 is 0 Å². The first-order chi connectivity index (χ1) is 9.65. The maximum atomic E-state index is 12.7. The molecule has 2 aromatic rings. The topological polar surface area (TPSA) is 59.2 Å². The van der Waals surface area contributed by atoms with Crippen molar-refractivity contribution in [2.45, 2.75) is 19.4 Å². The van der Waals surface area contributed by atoms with Crippen molar-refractivity contribution in [3.05, 3.63) is 42.1 Å². The van der Waals surface area contributed by atoms with Crippen LogP contribution in [0.3, 0.4) is 0 Å². The van der Waals surface area contributed by atoms with Gasteiger partial charge in [0.2, 0.25) is 0 Å². The van der Waals surface area contributed by atoms with Gasteiger partial charge in [-0.15, -0.1) is 0 Å². The Kier molecular flexibility index (Phi) is 3.40. The number of benzene rings is 1. The van der Waals surface area contributed by atoms with Gasteiger partial charge < -0.3 is 10.6 Å². The fourth-order valence-electron chi connectivity index (χ4n) is 3.03. The summed E-state index contributed by atoms with van der Waals surface area (Å²) < 4.78 is 0. The molecule has 0 bridgehead atoms. The number of likely N-dealkylation sites (tertiary alicyclic amines) is 1. The van der Waals surface area contributed by atoms with Crippen LogP contribution in [0.25, 0.3) is 10.9 Å². The Morgan fingerprint density at radius 2 is 2.15 bits per heavy atom. The zero-order valence-corrected chi connectivity index (χ0v) is 11.6. The molecule has 0 aliphatic carbocycles. The summed E-state index contributed by atoms with van der Waals surface area (Å²) in [5.41, 5.74) is 7.61. The molecule has 4 nitrogen and oxygen atoms in total. The van der Waals surface area contributed by atoms with Crippen LogP contribution in [0.2, 0.25) is 0 Å². The number of aromatic nitrogens is 1. The van der Waals surface area contributed by atoms with Gasteiger partial charge in [0, 0.05) is 36.3 Å². The van der Waals surface area contributed by atoms with Crippen LogP contribution in [-0.4, -0.2) is 34.9 Å². The number of rotatable bonds is 1. The molecule has 1 amide bonds. The normalized spacial score (nSPS) is 23.0. The highest BCUT2D eigenvalue weighted by atomic mass is 16.2. The van der Waals surface area contributed by atoms with Gasteiger partial charge in [0.25, 0.3) is 5.91 Å². The first kappa shape index (κ1) is 13.1. The zero-order valence-electron chi connectivity index (χ0n) is 11.6. The molecule has 20 heavy (non-hydrogen) atoms. The fraction of sp³-hybridized carbons (Fsp3) is 0.375. The van der Waals surface area contributed by atoms with E-state index in [-0.39, 0.29) is 11.9 Å². The highest BCUT2D eigenvalue weighted by Gasteiger charge is 2.27. The number of nitrogens with zero attached hydrogens (tertiary/aromatic N) is 2. The third kappa shape index (κ3) is 2.39. The maximum Gasteiger partial charge on any atom is 0.254 e. The van der Waals surface area contributed by atoms with E-state index in [2.05, 4.69) is 11.9 Å². The van der Waals surface area contributed by atoms with Crippen LogP contribution in [0.5, 0.6) is 0 Å². The van der Waals surface area contributed by atoms with Crippen molar-refractivity contribution < 1.29 is 4.79 Å². The summed E-state index contributed by atoms with van der Waals surface area (Å²) in [5, 5.41) is 0.909. The SMILES string of the molecule is CC1CC(N)CN(C(=O)c2cccc3ncccc23)C1.